The van der Waals surface area contributed by atoms with Crippen molar-refractivity contribution < 1.29 is 13.9 Å². The number of benzene rings is 2. The largest absolute Gasteiger partial charge is 0.493 e. The second kappa shape index (κ2) is 7.15. The Morgan fingerprint density at radius 3 is 2.79 bits per heavy atom. The van der Waals surface area contributed by atoms with E-state index in [2.05, 4.69) is 0 Å². The highest BCUT2D eigenvalue weighted by atomic mass is 32.2. The summed E-state index contributed by atoms with van der Waals surface area (Å²) in [5.74, 6) is 0.0325. The summed E-state index contributed by atoms with van der Waals surface area (Å²) < 4.78 is 19.4. The van der Waals surface area contributed by atoms with E-state index < -0.39 is 5.82 Å². The number of amides is 1. The van der Waals surface area contributed by atoms with Crippen LogP contribution in [0.15, 0.2) is 53.4 Å². The van der Waals surface area contributed by atoms with Gasteiger partial charge in [0.25, 0.3) is 5.91 Å². The number of rotatable bonds is 4. The van der Waals surface area contributed by atoms with Gasteiger partial charge in [0.1, 0.15) is 11.6 Å². The maximum Gasteiger partial charge on any atom is 0.270 e. The Morgan fingerprint density at radius 2 is 2.04 bits per heavy atom. The van der Waals surface area contributed by atoms with Crippen LogP contribution in [0.5, 0.6) is 5.75 Å². The van der Waals surface area contributed by atoms with Gasteiger partial charge in [0.05, 0.1) is 17.2 Å². The number of carbonyl (C=O) groups excluding carboxylic acids is 1. The van der Waals surface area contributed by atoms with Crippen LogP contribution in [0.25, 0.3) is 6.08 Å². The van der Waals surface area contributed by atoms with Gasteiger partial charge < -0.3 is 4.74 Å². The van der Waals surface area contributed by atoms with E-state index >= 15 is 0 Å². The molecule has 3 rings (SSSR count). The fraction of sp³-hybridized carbons (Fsp3) is 0.111. The molecule has 2 aromatic rings. The quantitative estimate of drug-likeness (QED) is 0.588. The molecular formula is C18H14FNO2S2. The van der Waals surface area contributed by atoms with Gasteiger partial charge in [-0.05, 0) is 37.3 Å². The zero-order chi connectivity index (χ0) is 17.1. The minimum absolute atomic E-state index is 0.262. The maximum absolute atomic E-state index is 13.4. The van der Waals surface area contributed by atoms with Gasteiger partial charge in [-0.2, -0.15) is 0 Å². The van der Waals surface area contributed by atoms with Gasteiger partial charge in [-0.25, -0.2) is 4.39 Å². The van der Waals surface area contributed by atoms with Gasteiger partial charge in [0.15, 0.2) is 4.32 Å². The number of hydrogen-bond acceptors (Lipinski definition) is 4. The molecule has 0 unspecified atom stereocenters. The first-order valence-corrected chi connectivity index (χ1v) is 8.58. The van der Waals surface area contributed by atoms with E-state index in [1.165, 1.54) is 28.8 Å². The molecule has 1 amide bonds. The van der Waals surface area contributed by atoms with Gasteiger partial charge in [0, 0.05) is 5.56 Å². The molecule has 1 fully saturated rings. The van der Waals surface area contributed by atoms with Crippen LogP contribution in [-0.2, 0) is 4.79 Å². The predicted octanol–water partition coefficient (Wildman–Crippen LogP) is 4.63. The summed E-state index contributed by atoms with van der Waals surface area (Å²) in [6.07, 6.45) is 1.75. The van der Waals surface area contributed by atoms with Crippen LogP contribution in [0.1, 0.15) is 12.5 Å². The molecule has 0 N–H and O–H groups in total. The number of para-hydroxylation sites is 1. The molecule has 1 heterocycles. The van der Waals surface area contributed by atoms with E-state index in [-0.39, 0.29) is 5.91 Å². The highest BCUT2D eigenvalue weighted by Crippen LogP contribution is 2.37. The number of hydrogen-bond donors (Lipinski definition) is 0. The number of nitrogens with zero attached hydrogens (tertiary/aromatic N) is 1. The van der Waals surface area contributed by atoms with Gasteiger partial charge in [-0.1, -0.05) is 48.2 Å². The fourth-order valence-corrected chi connectivity index (χ4v) is 3.62. The minimum Gasteiger partial charge on any atom is -0.493 e. The number of ether oxygens (including phenoxy) is 1. The molecule has 0 atom stereocenters. The van der Waals surface area contributed by atoms with E-state index in [1.54, 1.807) is 18.2 Å². The molecule has 24 heavy (non-hydrogen) atoms. The molecule has 0 radical (unpaired) electrons. The third-order valence-corrected chi connectivity index (χ3v) is 4.67. The van der Waals surface area contributed by atoms with E-state index in [1.807, 2.05) is 31.2 Å². The molecule has 1 aliphatic heterocycles. The van der Waals surface area contributed by atoms with Crippen LogP contribution in [-0.4, -0.2) is 16.8 Å². The zero-order valence-electron chi connectivity index (χ0n) is 12.9. The summed E-state index contributed by atoms with van der Waals surface area (Å²) in [5, 5.41) is 0. The molecule has 0 spiro atoms. The first-order valence-electron chi connectivity index (χ1n) is 7.35. The van der Waals surface area contributed by atoms with Crippen LogP contribution < -0.4 is 9.64 Å². The third-order valence-electron chi connectivity index (χ3n) is 3.37. The Kier molecular flexibility index (Phi) is 4.97. The smallest absolute Gasteiger partial charge is 0.270 e. The van der Waals surface area contributed by atoms with Crippen LogP contribution in [0, 0.1) is 5.82 Å². The lowest BCUT2D eigenvalue weighted by atomic mass is 10.2. The summed E-state index contributed by atoms with van der Waals surface area (Å²) in [4.78, 5) is 14.5. The second-order valence-corrected chi connectivity index (χ2v) is 6.64. The number of carbonyl (C=O) groups is 1. The topological polar surface area (TPSA) is 29.5 Å². The predicted molar refractivity (Wildman–Crippen MR) is 99.7 cm³/mol. The van der Waals surface area contributed by atoms with E-state index in [4.69, 9.17) is 17.0 Å². The van der Waals surface area contributed by atoms with E-state index in [0.29, 0.717) is 27.3 Å². The SMILES string of the molecule is CCOc1ccccc1/C=C1\SC(=S)N(c2cccc(F)c2)C1=O. The summed E-state index contributed by atoms with van der Waals surface area (Å²) >= 11 is 6.49. The first kappa shape index (κ1) is 16.7. The molecule has 0 aromatic heterocycles. The van der Waals surface area contributed by atoms with Crippen LogP contribution in [0.2, 0.25) is 0 Å². The minimum atomic E-state index is -0.410. The highest BCUT2D eigenvalue weighted by Gasteiger charge is 2.33. The Labute approximate surface area is 149 Å². The molecule has 1 saturated heterocycles. The van der Waals surface area contributed by atoms with Crippen LogP contribution >= 0.6 is 24.0 Å². The Morgan fingerprint density at radius 1 is 1.25 bits per heavy atom. The average Bonchev–Trinajstić information content (AvgIpc) is 2.83. The van der Waals surface area contributed by atoms with Gasteiger partial charge in [0.2, 0.25) is 0 Å². The van der Waals surface area contributed by atoms with Crippen molar-refractivity contribution in [1.29, 1.82) is 0 Å². The molecular weight excluding hydrogens is 345 g/mol. The van der Waals surface area contributed by atoms with Gasteiger partial charge in [-0.3, -0.25) is 9.69 Å². The lowest BCUT2D eigenvalue weighted by Gasteiger charge is -2.14. The van der Waals surface area contributed by atoms with Crippen molar-refractivity contribution in [1.82, 2.24) is 0 Å². The Balaban J connectivity index is 1.94. The Bertz CT molecular complexity index is 835. The summed E-state index contributed by atoms with van der Waals surface area (Å²) in [7, 11) is 0. The number of anilines is 1. The molecule has 0 aliphatic carbocycles. The van der Waals surface area contributed by atoms with Crippen molar-refractivity contribution in [2.45, 2.75) is 6.92 Å². The Hall–Kier alpha value is -2.18. The lowest BCUT2D eigenvalue weighted by Crippen LogP contribution is -2.27. The van der Waals surface area contributed by atoms with Crippen molar-refractivity contribution >= 4 is 46.0 Å². The van der Waals surface area contributed by atoms with E-state index in [9.17, 15) is 9.18 Å². The first-order chi connectivity index (χ1) is 11.6. The molecule has 3 nitrogen and oxygen atoms in total. The zero-order valence-corrected chi connectivity index (χ0v) is 14.5. The van der Waals surface area contributed by atoms with Crippen molar-refractivity contribution in [2.24, 2.45) is 0 Å². The van der Waals surface area contributed by atoms with Crippen LogP contribution in [0.3, 0.4) is 0 Å². The van der Waals surface area contributed by atoms with Crippen molar-refractivity contribution in [3.63, 3.8) is 0 Å². The molecule has 122 valence electrons. The fourth-order valence-electron chi connectivity index (χ4n) is 2.33. The normalized spacial score (nSPS) is 16.1. The lowest BCUT2D eigenvalue weighted by molar-refractivity contribution is -0.113. The summed E-state index contributed by atoms with van der Waals surface area (Å²) in [6.45, 7) is 2.44. The van der Waals surface area contributed by atoms with E-state index in [0.717, 1.165) is 5.56 Å². The monoisotopic (exact) mass is 359 g/mol. The maximum atomic E-state index is 13.4. The number of thioether (sulfide) groups is 1. The summed E-state index contributed by atoms with van der Waals surface area (Å²) in [6, 6.07) is 13.3. The molecule has 0 bridgehead atoms. The second-order valence-electron chi connectivity index (χ2n) is 4.97. The van der Waals surface area contributed by atoms with Gasteiger partial charge >= 0.3 is 0 Å². The molecule has 0 saturated carbocycles. The third kappa shape index (κ3) is 3.34. The molecule has 6 heteroatoms. The van der Waals surface area contributed by atoms with Crippen molar-refractivity contribution in [2.75, 3.05) is 11.5 Å². The summed E-state index contributed by atoms with van der Waals surface area (Å²) in [5.41, 5.74) is 1.23. The number of halogens is 1. The van der Waals surface area contributed by atoms with Crippen molar-refractivity contribution in [3.05, 3.63) is 64.8 Å². The van der Waals surface area contributed by atoms with Crippen molar-refractivity contribution in [3.8, 4) is 5.75 Å². The standard InChI is InChI=1S/C18H14FNO2S2/c1-2-22-15-9-4-3-6-12(15)10-16-17(21)20(18(23)24-16)14-8-5-7-13(19)11-14/h3-11H,2H2,1H3/b16-10-. The van der Waals surface area contributed by atoms with Gasteiger partial charge in [-0.15, -0.1) is 0 Å². The molecule has 1 aliphatic rings. The average molecular weight is 359 g/mol. The van der Waals surface area contributed by atoms with Crippen LogP contribution in [0.4, 0.5) is 10.1 Å². The highest BCUT2D eigenvalue weighted by molar-refractivity contribution is 8.27. The number of thiocarbonyl (C=S) groups is 1. The molecule has 2 aromatic carbocycles.